The number of nitrogens with one attached hydrogen (secondary N) is 1. The van der Waals surface area contributed by atoms with E-state index in [1.54, 1.807) is 18.2 Å². The molecule has 0 amide bonds. The van der Waals surface area contributed by atoms with Crippen LogP contribution in [-0.2, 0) is 0 Å². The fraction of sp³-hybridized carbons (Fsp3) is 0. The molecule has 3 nitrogen and oxygen atoms in total. The molecule has 1 heterocycles. The van der Waals surface area contributed by atoms with E-state index >= 15 is 0 Å². The Morgan fingerprint density at radius 3 is 2.55 bits per heavy atom. The minimum absolute atomic E-state index is 0.170. The fourth-order valence-corrected chi connectivity index (χ4v) is 2.65. The number of nitrogens with zero attached hydrogens (tertiary/aromatic N) is 1. The summed E-state index contributed by atoms with van der Waals surface area (Å²) in [4.78, 5) is 4.21. The lowest BCUT2D eigenvalue weighted by Crippen LogP contribution is -1.96. The van der Waals surface area contributed by atoms with E-state index in [2.05, 4.69) is 10.3 Å². The van der Waals surface area contributed by atoms with Crippen molar-refractivity contribution in [2.24, 2.45) is 0 Å². The smallest absolute Gasteiger partial charge is 0.188 e. The van der Waals surface area contributed by atoms with Crippen LogP contribution in [0.25, 0.3) is 10.2 Å². The predicted octanol–water partition coefficient (Wildman–Crippen LogP) is 4.04. The summed E-state index contributed by atoms with van der Waals surface area (Å²) in [6.45, 7) is 0. The zero-order chi connectivity index (χ0) is 14.3. The quantitative estimate of drug-likeness (QED) is 0.554. The van der Waals surface area contributed by atoms with Gasteiger partial charge in [-0.15, -0.1) is 0 Å². The number of nitrogen functional groups attached to an aromatic ring is 1. The standard InChI is InChI=1S/C13H8F3N3S/c14-7-4-9(16)11(5-8(7)15)19-13-18-10-2-1-6(17)3-12(10)20-13/h1-5H,17H2,(H,18,19). The van der Waals surface area contributed by atoms with Crippen molar-refractivity contribution >= 4 is 38.1 Å². The van der Waals surface area contributed by atoms with Crippen LogP contribution < -0.4 is 11.1 Å². The molecule has 102 valence electrons. The third-order valence-electron chi connectivity index (χ3n) is 2.66. The number of hydrogen-bond acceptors (Lipinski definition) is 4. The molecule has 20 heavy (non-hydrogen) atoms. The largest absolute Gasteiger partial charge is 0.399 e. The molecule has 0 fully saturated rings. The first-order valence-electron chi connectivity index (χ1n) is 5.60. The van der Waals surface area contributed by atoms with Crippen molar-refractivity contribution in [2.45, 2.75) is 0 Å². The molecular weight excluding hydrogens is 287 g/mol. The van der Waals surface area contributed by atoms with E-state index in [1.165, 1.54) is 11.3 Å². The first-order chi connectivity index (χ1) is 9.52. The van der Waals surface area contributed by atoms with E-state index in [1.807, 2.05) is 0 Å². The highest BCUT2D eigenvalue weighted by atomic mass is 32.1. The number of anilines is 3. The number of halogens is 3. The van der Waals surface area contributed by atoms with Gasteiger partial charge in [-0.25, -0.2) is 18.2 Å². The molecule has 0 aliphatic rings. The molecule has 0 unspecified atom stereocenters. The molecule has 2 aromatic carbocycles. The van der Waals surface area contributed by atoms with Gasteiger partial charge in [-0.3, -0.25) is 0 Å². The predicted molar refractivity (Wildman–Crippen MR) is 73.6 cm³/mol. The van der Waals surface area contributed by atoms with E-state index in [9.17, 15) is 13.2 Å². The Morgan fingerprint density at radius 1 is 1.00 bits per heavy atom. The van der Waals surface area contributed by atoms with Crippen molar-refractivity contribution < 1.29 is 13.2 Å². The molecule has 0 radical (unpaired) electrons. The van der Waals surface area contributed by atoms with E-state index in [0.717, 1.165) is 10.8 Å². The molecule has 3 aromatic rings. The van der Waals surface area contributed by atoms with Crippen LogP contribution in [0.4, 0.5) is 29.7 Å². The number of fused-ring (bicyclic) bond motifs is 1. The van der Waals surface area contributed by atoms with Crippen molar-refractivity contribution in [3.63, 3.8) is 0 Å². The number of aromatic nitrogens is 1. The number of rotatable bonds is 2. The summed E-state index contributed by atoms with van der Waals surface area (Å²) in [6.07, 6.45) is 0. The fourth-order valence-electron chi connectivity index (χ4n) is 1.73. The maximum Gasteiger partial charge on any atom is 0.188 e. The van der Waals surface area contributed by atoms with Crippen LogP contribution in [0.2, 0.25) is 0 Å². The summed E-state index contributed by atoms with van der Waals surface area (Å²) < 4.78 is 40.3. The summed E-state index contributed by atoms with van der Waals surface area (Å²) in [5, 5.41) is 3.00. The Labute approximate surface area is 115 Å². The molecule has 3 N–H and O–H groups in total. The Bertz CT molecular complexity index is 801. The number of hydrogen-bond donors (Lipinski definition) is 2. The number of benzene rings is 2. The molecule has 0 bridgehead atoms. The molecule has 0 saturated carbocycles. The zero-order valence-corrected chi connectivity index (χ0v) is 10.8. The van der Waals surface area contributed by atoms with E-state index in [0.29, 0.717) is 22.4 Å². The molecule has 0 atom stereocenters. The molecule has 1 aromatic heterocycles. The summed E-state index contributed by atoms with van der Waals surface area (Å²) in [7, 11) is 0. The monoisotopic (exact) mass is 295 g/mol. The first-order valence-corrected chi connectivity index (χ1v) is 6.42. The highest BCUT2D eigenvalue weighted by Gasteiger charge is 2.12. The van der Waals surface area contributed by atoms with Crippen molar-refractivity contribution in [3.05, 3.63) is 47.8 Å². The Hall–Kier alpha value is -2.28. The maximum atomic E-state index is 13.5. The van der Waals surface area contributed by atoms with Gasteiger partial charge < -0.3 is 11.1 Å². The van der Waals surface area contributed by atoms with Crippen molar-refractivity contribution in [3.8, 4) is 0 Å². The van der Waals surface area contributed by atoms with Crippen LogP contribution in [0.5, 0.6) is 0 Å². The van der Waals surface area contributed by atoms with Crippen LogP contribution in [0.3, 0.4) is 0 Å². The average molecular weight is 295 g/mol. The van der Waals surface area contributed by atoms with Gasteiger partial charge in [-0.2, -0.15) is 0 Å². The average Bonchev–Trinajstić information content (AvgIpc) is 2.77. The Morgan fingerprint density at radius 2 is 1.75 bits per heavy atom. The third kappa shape index (κ3) is 2.27. The van der Waals surface area contributed by atoms with Gasteiger partial charge >= 0.3 is 0 Å². The summed E-state index contributed by atoms with van der Waals surface area (Å²) in [6, 6.07) is 6.41. The van der Waals surface area contributed by atoms with E-state index < -0.39 is 17.5 Å². The number of nitrogens with two attached hydrogens (primary N) is 1. The Balaban J connectivity index is 1.99. The molecule has 0 spiro atoms. The molecule has 0 aliphatic heterocycles. The molecule has 7 heteroatoms. The molecule has 0 aliphatic carbocycles. The topological polar surface area (TPSA) is 50.9 Å². The van der Waals surface area contributed by atoms with E-state index in [-0.39, 0.29) is 5.69 Å². The van der Waals surface area contributed by atoms with Gasteiger partial charge in [0.2, 0.25) is 0 Å². The SMILES string of the molecule is Nc1ccc2nc(Nc3cc(F)c(F)cc3F)sc2c1. The van der Waals surface area contributed by atoms with Crippen LogP contribution in [0, 0.1) is 17.5 Å². The molecule has 0 saturated heterocycles. The van der Waals surface area contributed by atoms with Crippen LogP contribution in [0.15, 0.2) is 30.3 Å². The van der Waals surface area contributed by atoms with Gasteiger partial charge in [0.05, 0.1) is 15.9 Å². The second kappa shape index (κ2) is 4.68. The van der Waals surface area contributed by atoms with Gasteiger partial charge in [0.15, 0.2) is 16.8 Å². The minimum atomic E-state index is -1.23. The third-order valence-corrected chi connectivity index (χ3v) is 3.60. The van der Waals surface area contributed by atoms with Gasteiger partial charge in [0.1, 0.15) is 5.82 Å². The van der Waals surface area contributed by atoms with E-state index in [4.69, 9.17) is 5.73 Å². The summed E-state index contributed by atoms with van der Waals surface area (Å²) >= 11 is 1.24. The van der Waals surface area contributed by atoms with Crippen molar-refractivity contribution in [1.29, 1.82) is 0 Å². The van der Waals surface area contributed by atoms with Gasteiger partial charge in [-0.05, 0) is 18.2 Å². The second-order valence-electron chi connectivity index (χ2n) is 4.12. The maximum absolute atomic E-state index is 13.5. The van der Waals surface area contributed by atoms with Crippen LogP contribution in [0.1, 0.15) is 0 Å². The lowest BCUT2D eigenvalue weighted by molar-refractivity contribution is 0.496. The van der Waals surface area contributed by atoms with Gasteiger partial charge in [-0.1, -0.05) is 11.3 Å². The number of thiazole rings is 1. The first kappa shape index (κ1) is 12.7. The highest BCUT2D eigenvalue weighted by Crippen LogP contribution is 2.30. The minimum Gasteiger partial charge on any atom is -0.399 e. The van der Waals surface area contributed by atoms with Crippen molar-refractivity contribution in [2.75, 3.05) is 11.1 Å². The Kier molecular flexibility index (Phi) is 2.98. The second-order valence-corrected chi connectivity index (χ2v) is 5.15. The van der Waals surface area contributed by atoms with Crippen LogP contribution >= 0.6 is 11.3 Å². The van der Waals surface area contributed by atoms with Crippen LogP contribution in [-0.4, -0.2) is 4.98 Å². The van der Waals surface area contributed by atoms with Crippen molar-refractivity contribution in [1.82, 2.24) is 4.98 Å². The highest BCUT2D eigenvalue weighted by molar-refractivity contribution is 7.22. The van der Waals surface area contributed by atoms with Gasteiger partial charge in [0.25, 0.3) is 0 Å². The summed E-state index contributed by atoms with van der Waals surface area (Å²) in [5.74, 6) is -3.24. The molecule has 3 rings (SSSR count). The zero-order valence-electron chi connectivity index (χ0n) is 9.95. The lowest BCUT2D eigenvalue weighted by Gasteiger charge is -2.04. The lowest BCUT2D eigenvalue weighted by atomic mass is 10.3. The summed E-state index contributed by atoms with van der Waals surface area (Å²) in [5.41, 5.74) is 6.76. The normalized spacial score (nSPS) is 10.9. The van der Waals surface area contributed by atoms with Gasteiger partial charge in [0, 0.05) is 17.8 Å². The molecular formula is C13H8F3N3S.